The average molecular weight is 177 g/mol. The van der Waals surface area contributed by atoms with Crippen LogP contribution >= 0.6 is 0 Å². The molecule has 1 heterocycles. The zero-order valence-electron chi connectivity index (χ0n) is 7.41. The highest BCUT2D eigenvalue weighted by molar-refractivity contribution is 5.86. The molecule has 0 radical (unpaired) electrons. The largest absolute Gasteiger partial charge is 0.465 e. The molecule has 3 nitrogen and oxygen atoms in total. The Morgan fingerprint density at radius 3 is 2.85 bits per heavy atom. The minimum absolute atomic E-state index is 0.135. The number of para-hydroxylation sites is 1. The molecule has 0 aromatic heterocycles. The van der Waals surface area contributed by atoms with Gasteiger partial charge in [-0.05, 0) is 6.07 Å². The Labute approximate surface area is 76.5 Å². The van der Waals surface area contributed by atoms with Crippen molar-refractivity contribution in [2.24, 2.45) is 5.73 Å². The maximum Gasteiger partial charge on any atom is 0.221 e. The summed E-state index contributed by atoms with van der Waals surface area (Å²) in [5.41, 5.74) is 5.65. The van der Waals surface area contributed by atoms with Crippen molar-refractivity contribution in [1.29, 1.82) is 0 Å². The van der Waals surface area contributed by atoms with E-state index in [2.05, 4.69) is 0 Å². The van der Waals surface area contributed by atoms with Crippen molar-refractivity contribution in [3.05, 3.63) is 29.8 Å². The molecule has 1 atom stereocenters. The zero-order chi connectivity index (χ0) is 9.47. The van der Waals surface area contributed by atoms with Crippen LogP contribution in [0.4, 0.5) is 0 Å². The topological polar surface area (TPSA) is 52.3 Å². The summed E-state index contributed by atoms with van der Waals surface area (Å²) in [7, 11) is 0. The van der Waals surface area contributed by atoms with Crippen LogP contribution in [0.15, 0.2) is 24.3 Å². The molecule has 0 unspecified atom stereocenters. The fourth-order valence-electron chi connectivity index (χ4n) is 1.46. The van der Waals surface area contributed by atoms with Gasteiger partial charge in [-0.25, -0.2) is 0 Å². The maximum absolute atomic E-state index is 11.2. The van der Waals surface area contributed by atoms with E-state index in [1.54, 1.807) is 0 Å². The van der Waals surface area contributed by atoms with Crippen LogP contribution in [-0.4, -0.2) is 11.5 Å². The van der Waals surface area contributed by atoms with E-state index in [0.717, 1.165) is 11.3 Å². The highest BCUT2D eigenvalue weighted by Crippen LogP contribution is 2.32. The fraction of sp³-hybridized carbons (Fsp3) is 0.300. The number of fused-ring (bicyclic) bond motifs is 1. The standard InChI is InChI=1S/C10H11NO2/c1-7(12)10(11)6-8-4-2-3-5-9(8)13-10/h2-5H,6,11H2,1H3/t10-/m0/s1. The van der Waals surface area contributed by atoms with Gasteiger partial charge in [0.25, 0.3) is 0 Å². The number of ketones is 1. The minimum atomic E-state index is -1.14. The normalized spacial score (nSPS) is 25.1. The van der Waals surface area contributed by atoms with Crippen LogP contribution in [0, 0.1) is 0 Å². The van der Waals surface area contributed by atoms with Gasteiger partial charge in [0.05, 0.1) is 0 Å². The number of Topliss-reactive ketones (excluding diaryl/α,β-unsaturated/α-hetero) is 1. The molecule has 13 heavy (non-hydrogen) atoms. The molecule has 0 saturated heterocycles. The van der Waals surface area contributed by atoms with E-state index in [1.807, 2.05) is 24.3 Å². The SMILES string of the molecule is CC(=O)[C@]1(N)Cc2ccccc2O1. The molecule has 0 saturated carbocycles. The quantitative estimate of drug-likeness (QED) is 0.692. The van der Waals surface area contributed by atoms with Crippen molar-refractivity contribution in [3.8, 4) is 5.75 Å². The summed E-state index contributed by atoms with van der Waals surface area (Å²) in [5, 5.41) is 0. The molecule has 0 bridgehead atoms. The molecule has 1 aromatic rings. The van der Waals surface area contributed by atoms with Crippen molar-refractivity contribution in [3.63, 3.8) is 0 Å². The number of carbonyl (C=O) groups excluding carboxylic acids is 1. The third kappa shape index (κ3) is 1.21. The van der Waals surface area contributed by atoms with E-state index in [1.165, 1.54) is 6.92 Å². The Morgan fingerprint density at radius 1 is 1.54 bits per heavy atom. The molecule has 1 aliphatic heterocycles. The van der Waals surface area contributed by atoms with E-state index >= 15 is 0 Å². The van der Waals surface area contributed by atoms with Crippen LogP contribution in [0.1, 0.15) is 12.5 Å². The Hall–Kier alpha value is -1.35. The van der Waals surface area contributed by atoms with Crippen molar-refractivity contribution in [2.45, 2.75) is 19.1 Å². The second-order valence-electron chi connectivity index (χ2n) is 3.33. The second-order valence-corrected chi connectivity index (χ2v) is 3.33. The Bertz CT molecular complexity index is 335. The molecular formula is C10H11NO2. The van der Waals surface area contributed by atoms with Gasteiger partial charge in [0.15, 0.2) is 5.78 Å². The smallest absolute Gasteiger partial charge is 0.221 e. The fourth-order valence-corrected chi connectivity index (χ4v) is 1.46. The van der Waals surface area contributed by atoms with Crippen LogP contribution in [0.3, 0.4) is 0 Å². The molecule has 1 aromatic carbocycles. The van der Waals surface area contributed by atoms with Gasteiger partial charge >= 0.3 is 0 Å². The minimum Gasteiger partial charge on any atom is -0.465 e. The lowest BCUT2D eigenvalue weighted by Crippen LogP contribution is -2.51. The van der Waals surface area contributed by atoms with Gasteiger partial charge in [-0.15, -0.1) is 0 Å². The first-order chi connectivity index (χ1) is 6.12. The van der Waals surface area contributed by atoms with E-state index in [9.17, 15) is 4.79 Å². The number of carbonyl (C=O) groups is 1. The molecule has 0 fully saturated rings. The number of hydrogen-bond acceptors (Lipinski definition) is 3. The van der Waals surface area contributed by atoms with Crippen molar-refractivity contribution < 1.29 is 9.53 Å². The summed E-state index contributed by atoms with van der Waals surface area (Å²) in [6.07, 6.45) is 0.471. The average Bonchev–Trinajstić information content (AvgIpc) is 2.42. The van der Waals surface area contributed by atoms with E-state index in [0.29, 0.717) is 6.42 Å². The van der Waals surface area contributed by atoms with Crippen molar-refractivity contribution >= 4 is 5.78 Å². The summed E-state index contributed by atoms with van der Waals surface area (Å²) in [6, 6.07) is 7.53. The lowest BCUT2D eigenvalue weighted by Gasteiger charge is -2.19. The molecule has 2 N–H and O–H groups in total. The molecule has 3 heteroatoms. The zero-order valence-corrected chi connectivity index (χ0v) is 7.41. The van der Waals surface area contributed by atoms with E-state index in [-0.39, 0.29) is 5.78 Å². The van der Waals surface area contributed by atoms with Gasteiger partial charge in [-0.1, -0.05) is 18.2 Å². The predicted molar refractivity (Wildman–Crippen MR) is 48.4 cm³/mol. The highest BCUT2D eigenvalue weighted by atomic mass is 16.5. The van der Waals surface area contributed by atoms with Crippen LogP contribution in [0.5, 0.6) is 5.75 Å². The second kappa shape index (κ2) is 2.57. The first-order valence-electron chi connectivity index (χ1n) is 4.19. The third-order valence-electron chi connectivity index (χ3n) is 2.31. The first kappa shape index (κ1) is 8.26. The lowest BCUT2D eigenvalue weighted by molar-refractivity contribution is -0.130. The van der Waals surface area contributed by atoms with E-state index < -0.39 is 5.72 Å². The molecular weight excluding hydrogens is 166 g/mol. The van der Waals surface area contributed by atoms with Gasteiger partial charge in [0.1, 0.15) is 5.75 Å². The predicted octanol–water partition coefficient (Wildman–Crippen LogP) is 0.865. The summed E-state index contributed by atoms with van der Waals surface area (Å²) in [4.78, 5) is 11.2. The molecule has 1 aliphatic rings. The van der Waals surface area contributed by atoms with Crippen LogP contribution in [0.25, 0.3) is 0 Å². The van der Waals surface area contributed by atoms with Crippen molar-refractivity contribution in [1.82, 2.24) is 0 Å². The number of ether oxygens (including phenoxy) is 1. The monoisotopic (exact) mass is 177 g/mol. The van der Waals surface area contributed by atoms with Crippen LogP contribution in [0.2, 0.25) is 0 Å². The van der Waals surface area contributed by atoms with Gasteiger partial charge in [0.2, 0.25) is 5.72 Å². The molecule has 0 amide bonds. The molecule has 0 spiro atoms. The number of rotatable bonds is 1. The summed E-state index contributed by atoms with van der Waals surface area (Å²) < 4.78 is 5.38. The number of hydrogen-bond donors (Lipinski definition) is 1. The third-order valence-corrected chi connectivity index (χ3v) is 2.31. The number of benzene rings is 1. The Balaban J connectivity index is 2.37. The Kier molecular flexibility index (Phi) is 1.63. The van der Waals surface area contributed by atoms with Gasteiger partial charge in [-0.3, -0.25) is 10.5 Å². The van der Waals surface area contributed by atoms with Gasteiger partial charge in [0, 0.05) is 18.9 Å². The maximum atomic E-state index is 11.2. The van der Waals surface area contributed by atoms with Crippen LogP contribution in [-0.2, 0) is 11.2 Å². The number of nitrogens with two attached hydrogens (primary N) is 1. The summed E-state index contributed by atoms with van der Waals surface area (Å²) in [6.45, 7) is 1.45. The van der Waals surface area contributed by atoms with E-state index in [4.69, 9.17) is 10.5 Å². The lowest BCUT2D eigenvalue weighted by atomic mass is 10.0. The first-order valence-corrected chi connectivity index (χ1v) is 4.19. The summed E-state index contributed by atoms with van der Waals surface area (Å²) >= 11 is 0. The molecule has 0 aliphatic carbocycles. The summed E-state index contributed by atoms with van der Waals surface area (Å²) in [5.74, 6) is 0.587. The van der Waals surface area contributed by atoms with Gasteiger partial charge in [-0.2, -0.15) is 0 Å². The Morgan fingerprint density at radius 2 is 2.23 bits per heavy atom. The molecule has 68 valence electrons. The molecule has 2 rings (SSSR count). The van der Waals surface area contributed by atoms with Crippen molar-refractivity contribution in [2.75, 3.05) is 0 Å². The highest BCUT2D eigenvalue weighted by Gasteiger charge is 2.39. The van der Waals surface area contributed by atoms with Gasteiger partial charge < -0.3 is 4.74 Å². The van der Waals surface area contributed by atoms with Crippen LogP contribution < -0.4 is 10.5 Å².